The number of hydrogen-bond donors (Lipinski definition) is 1. The molecule has 0 radical (unpaired) electrons. The van der Waals surface area contributed by atoms with Crippen LogP contribution in [-0.4, -0.2) is 22.2 Å². The number of benzene rings is 3. The number of esters is 1. The number of aromatic hydroxyl groups is 1. The molecule has 6 nitrogen and oxygen atoms in total. The predicted octanol–water partition coefficient (Wildman–Crippen LogP) is 5.42. The molecule has 3 aromatic carbocycles. The first-order valence-electron chi connectivity index (χ1n) is 12.6. The van der Waals surface area contributed by atoms with Crippen LogP contribution in [0.25, 0.3) is 11.8 Å². The topological polar surface area (TPSA) is 80.9 Å². The average Bonchev–Trinajstić information content (AvgIpc) is 3.24. The van der Waals surface area contributed by atoms with E-state index < -0.39 is 12.0 Å². The molecule has 1 aliphatic rings. The molecule has 0 unspecified atom stereocenters. The minimum atomic E-state index is -0.758. The van der Waals surface area contributed by atoms with Crippen molar-refractivity contribution in [1.82, 2.24) is 4.57 Å². The van der Waals surface area contributed by atoms with Crippen LogP contribution >= 0.6 is 22.9 Å². The highest BCUT2D eigenvalue weighted by molar-refractivity contribution is 7.07. The van der Waals surface area contributed by atoms with Gasteiger partial charge in [-0.2, -0.15) is 0 Å². The van der Waals surface area contributed by atoms with Crippen molar-refractivity contribution in [3.05, 3.63) is 125 Å². The molecule has 0 fully saturated rings. The van der Waals surface area contributed by atoms with Gasteiger partial charge in [-0.3, -0.25) is 9.36 Å². The van der Waals surface area contributed by atoms with E-state index in [1.165, 1.54) is 17.4 Å². The van der Waals surface area contributed by atoms with Crippen molar-refractivity contribution >= 4 is 40.7 Å². The first-order chi connectivity index (χ1) is 18.8. The third kappa shape index (κ3) is 5.20. The van der Waals surface area contributed by atoms with E-state index in [-0.39, 0.29) is 17.9 Å². The summed E-state index contributed by atoms with van der Waals surface area (Å²) in [4.78, 5) is 32.7. The van der Waals surface area contributed by atoms with E-state index >= 15 is 0 Å². The number of halogens is 1. The summed E-state index contributed by atoms with van der Waals surface area (Å²) in [5.41, 5.74) is 3.50. The van der Waals surface area contributed by atoms with E-state index in [0.717, 1.165) is 16.7 Å². The molecular weight excluding hydrogens is 532 g/mol. The Hall–Kier alpha value is -3.94. The molecule has 4 aromatic rings. The standard InChI is InChI=1S/C31H27ClN2O4S/c1-4-38-30(37)26-27(20-8-6-5-7-9-20)33-31-34(28(26)21-12-10-19(11-13-21)18(2)3)29(36)25(39-31)17-22-16-23(32)14-15-24(22)35/h5-18,28,35H,4H2,1-3H3/b25-17-/t28-/m0/s1. The lowest BCUT2D eigenvalue weighted by Gasteiger charge is -2.26. The fourth-order valence-corrected chi connectivity index (χ4v) is 5.77. The van der Waals surface area contributed by atoms with Crippen molar-refractivity contribution in [2.45, 2.75) is 32.7 Å². The highest BCUT2D eigenvalue weighted by Gasteiger charge is 2.35. The zero-order valence-electron chi connectivity index (χ0n) is 21.7. The van der Waals surface area contributed by atoms with Crippen LogP contribution in [0.1, 0.15) is 55.0 Å². The van der Waals surface area contributed by atoms with Gasteiger partial charge in [0.25, 0.3) is 5.56 Å². The molecule has 8 heteroatoms. The summed E-state index contributed by atoms with van der Waals surface area (Å²) in [6, 6.07) is 21.3. The highest BCUT2D eigenvalue weighted by Crippen LogP contribution is 2.35. The zero-order valence-corrected chi connectivity index (χ0v) is 23.3. The van der Waals surface area contributed by atoms with Crippen molar-refractivity contribution < 1.29 is 14.6 Å². The predicted molar refractivity (Wildman–Crippen MR) is 155 cm³/mol. The molecule has 0 bridgehead atoms. The van der Waals surface area contributed by atoms with Crippen LogP contribution < -0.4 is 14.9 Å². The average molecular weight is 559 g/mol. The minimum Gasteiger partial charge on any atom is -0.507 e. The molecule has 0 aliphatic carbocycles. The van der Waals surface area contributed by atoms with Crippen LogP contribution in [0.2, 0.25) is 5.02 Å². The van der Waals surface area contributed by atoms with Gasteiger partial charge in [0.1, 0.15) is 5.75 Å². The molecule has 0 saturated carbocycles. The molecule has 0 spiro atoms. The lowest BCUT2D eigenvalue weighted by Crippen LogP contribution is -2.40. The quantitative estimate of drug-likeness (QED) is 0.321. The van der Waals surface area contributed by atoms with E-state index in [0.29, 0.717) is 37.1 Å². The van der Waals surface area contributed by atoms with Crippen molar-refractivity contribution in [3.63, 3.8) is 0 Å². The van der Waals surface area contributed by atoms with Gasteiger partial charge < -0.3 is 9.84 Å². The number of ether oxygens (including phenoxy) is 1. The maximum absolute atomic E-state index is 13.9. The van der Waals surface area contributed by atoms with Crippen molar-refractivity contribution in [3.8, 4) is 5.75 Å². The fourth-order valence-electron chi connectivity index (χ4n) is 4.60. The lowest BCUT2D eigenvalue weighted by molar-refractivity contribution is -0.138. The molecule has 198 valence electrons. The van der Waals surface area contributed by atoms with Gasteiger partial charge in [0, 0.05) is 16.1 Å². The van der Waals surface area contributed by atoms with Gasteiger partial charge in [0.2, 0.25) is 0 Å². The van der Waals surface area contributed by atoms with Crippen molar-refractivity contribution in [1.29, 1.82) is 0 Å². The number of nitrogens with zero attached hydrogens (tertiary/aromatic N) is 2. The second kappa shape index (κ2) is 11.0. The first kappa shape index (κ1) is 26.7. The number of carbonyl (C=O) groups excluding carboxylic acids is 1. The summed E-state index contributed by atoms with van der Waals surface area (Å²) in [5, 5.41) is 10.8. The van der Waals surface area contributed by atoms with Gasteiger partial charge in [0.15, 0.2) is 4.80 Å². The number of rotatable bonds is 6. The normalized spacial score (nSPS) is 15.3. The maximum atomic E-state index is 13.9. The van der Waals surface area contributed by atoms with Gasteiger partial charge >= 0.3 is 5.97 Å². The van der Waals surface area contributed by atoms with Crippen LogP contribution in [0.4, 0.5) is 0 Å². The summed E-state index contributed by atoms with van der Waals surface area (Å²) in [5.74, 6) is -0.200. The minimum absolute atomic E-state index is 0.00301. The summed E-state index contributed by atoms with van der Waals surface area (Å²) >= 11 is 7.34. The van der Waals surface area contributed by atoms with Gasteiger partial charge in [-0.1, -0.05) is 91.4 Å². The Balaban J connectivity index is 1.83. The number of fused-ring (bicyclic) bond motifs is 1. The molecule has 5 rings (SSSR count). The first-order valence-corrected chi connectivity index (χ1v) is 13.8. The Morgan fingerprint density at radius 1 is 1.13 bits per heavy atom. The molecule has 1 aliphatic heterocycles. The molecule has 39 heavy (non-hydrogen) atoms. The monoisotopic (exact) mass is 558 g/mol. The van der Waals surface area contributed by atoms with E-state index in [9.17, 15) is 14.7 Å². The maximum Gasteiger partial charge on any atom is 0.338 e. The summed E-state index contributed by atoms with van der Waals surface area (Å²) in [7, 11) is 0. The van der Waals surface area contributed by atoms with E-state index in [2.05, 4.69) is 13.8 Å². The van der Waals surface area contributed by atoms with E-state index in [1.54, 1.807) is 29.7 Å². The lowest BCUT2D eigenvalue weighted by atomic mass is 9.91. The molecule has 1 N–H and O–H groups in total. The van der Waals surface area contributed by atoms with Gasteiger partial charge in [0.05, 0.1) is 28.5 Å². The second-order valence-electron chi connectivity index (χ2n) is 9.46. The van der Waals surface area contributed by atoms with Crippen LogP contribution in [0.15, 0.2) is 88.2 Å². The van der Waals surface area contributed by atoms with E-state index in [1.807, 2.05) is 54.6 Å². The van der Waals surface area contributed by atoms with Gasteiger partial charge in [-0.15, -0.1) is 0 Å². The molecule has 1 aromatic heterocycles. The smallest absolute Gasteiger partial charge is 0.338 e. The van der Waals surface area contributed by atoms with E-state index in [4.69, 9.17) is 21.3 Å². The largest absolute Gasteiger partial charge is 0.507 e. The van der Waals surface area contributed by atoms with Crippen LogP contribution in [0, 0.1) is 0 Å². The summed E-state index contributed by atoms with van der Waals surface area (Å²) in [6.07, 6.45) is 1.60. The van der Waals surface area contributed by atoms with Crippen molar-refractivity contribution in [2.24, 2.45) is 4.99 Å². The molecule has 1 atom stereocenters. The Bertz CT molecular complexity index is 1750. The number of carbonyl (C=O) groups is 1. The fraction of sp³-hybridized carbons (Fsp3) is 0.194. The third-order valence-corrected chi connectivity index (χ3v) is 7.79. The number of thiazole rings is 1. The Kier molecular flexibility index (Phi) is 7.55. The Morgan fingerprint density at radius 2 is 1.85 bits per heavy atom. The van der Waals surface area contributed by atoms with Gasteiger partial charge in [-0.25, -0.2) is 9.79 Å². The molecule has 2 heterocycles. The van der Waals surface area contributed by atoms with Crippen LogP contribution in [0.3, 0.4) is 0 Å². The summed E-state index contributed by atoms with van der Waals surface area (Å²) < 4.78 is 7.41. The Morgan fingerprint density at radius 3 is 2.51 bits per heavy atom. The number of phenolic OH excluding ortho intramolecular Hbond substituents is 1. The second-order valence-corrected chi connectivity index (χ2v) is 10.9. The van der Waals surface area contributed by atoms with Gasteiger partial charge in [-0.05, 0) is 48.2 Å². The SMILES string of the molecule is CCOC(=O)C1=C(c2ccccc2)N=c2s/c(=C\c3cc(Cl)ccc3O)c(=O)n2[C@H]1c1ccc(C(C)C)cc1. The zero-order chi connectivity index (χ0) is 27.7. The van der Waals surface area contributed by atoms with Crippen molar-refractivity contribution in [2.75, 3.05) is 6.61 Å². The highest BCUT2D eigenvalue weighted by atomic mass is 35.5. The Labute approximate surface area is 234 Å². The molecule has 0 amide bonds. The molecular formula is C31H27ClN2O4S. The number of aromatic nitrogens is 1. The third-order valence-electron chi connectivity index (χ3n) is 6.57. The molecule has 0 saturated heterocycles. The summed E-state index contributed by atoms with van der Waals surface area (Å²) in [6.45, 7) is 6.16. The number of hydrogen-bond acceptors (Lipinski definition) is 6. The van der Waals surface area contributed by atoms with Crippen LogP contribution in [0.5, 0.6) is 5.75 Å². The van der Waals surface area contributed by atoms with Crippen LogP contribution in [-0.2, 0) is 9.53 Å². The number of phenols is 1.